The Morgan fingerprint density at radius 1 is 1.05 bits per heavy atom. The van der Waals surface area contributed by atoms with Crippen LogP contribution < -0.4 is 5.32 Å². The number of carboxylic acid groups (broad SMARTS) is 1. The number of hydrogen-bond donors (Lipinski definition) is 3. The zero-order valence-corrected chi connectivity index (χ0v) is 12.6. The van der Waals surface area contributed by atoms with Crippen molar-refractivity contribution in [1.82, 2.24) is 5.32 Å². The standard InChI is InChI=1S/C16H27NO4/c18-13-6-4-12(5-7-13)11-17-14(19)10-16(15(20)21)8-2-1-3-9-16/h12-13,18H,1-11H2,(H,17,19)(H,20,21). The number of carbonyl (C=O) groups is 2. The second-order valence-corrected chi connectivity index (χ2v) is 6.80. The Kier molecular flexibility index (Phi) is 5.62. The van der Waals surface area contributed by atoms with Crippen molar-refractivity contribution in [3.63, 3.8) is 0 Å². The number of rotatable bonds is 5. The van der Waals surface area contributed by atoms with Crippen molar-refractivity contribution in [3.8, 4) is 0 Å². The van der Waals surface area contributed by atoms with Crippen molar-refractivity contribution in [2.75, 3.05) is 6.54 Å². The number of aliphatic hydroxyl groups is 1. The van der Waals surface area contributed by atoms with Crippen molar-refractivity contribution in [2.45, 2.75) is 70.3 Å². The Morgan fingerprint density at radius 2 is 1.67 bits per heavy atom. The van der Waals surface area contributed by atoms with Gasteiger partial charge in [-0.3, -0.25) is 9.59 Å². The number of amides is 1. The lowest BCUT2D eigenvalue weighted by molar-refractivity contribution is -0.154. The molecule has 0 spiro atoms. The molecule has 2 aliphatic carbocycles. The average Bonchev–Trinajstić information content (AvgIpc) is 2.47. The fourth-order valence-corrected chi connectivity index (χ4v) is 3.67. The molecular weight excluding hydrogens is 270 g/mol. The highest BCUT2D eigenvalue weighted by Crippen LogP contribution is 2.39. The van der Waals surface area contributed by atoms with Crippen LogP contribution in [0.5, 0.6) is 0 Å². The van der Waals surface area contributed by atoms with Crippen LogP contribution in [0.2, 0.25) is 0 Å². The number of aliphatic carboxylic acids is 1. The molecule has 0 aromatic carbocycles. The highest BCUT2D eigenvalue weighted by Gasteiger charge is 2.41. The summed E-state index contributed by atoms with van der Waals surface area (Å²) in [5, 5.41) is 21.8. The summed E-state index contributed by atoms with van der Waals surface area (Å²) in [6.07, 6.45) is 7.51. The van der Waals surface area contributed by atoms with Gasteiger partial charge in [0, 0.05) is 13.0 Å². The maximum Gasteiger partial charge on any atom is 0.310 e. The lowest BCUT2D eigenvalue weighted by Gasteiger charge is -2.33. The summed E-state index contributed by atoms with van der Waals surface area (Å²) in [5.41, 5.74) is -0.842. The van der Waals surface area contributed by atoms with Crippen LogP contribution in [0.15, 0.2) is 0 Å². The summed E-state index contributed by atoms with van der Waals surface area (Å²) in [5.74, 6) is -0.534. The topological polar surface area (TPSA) is 86.6 Å². The molecule has 2 aliphatic rings. The van der Waals surface area contributed by atoms with Crippen LogP contribution in [0.4, 0.5) is 0 Å². The summed E-state index contributed by atoms with van der Waals surface area (Å²) in [4.78, 5) is 23.7. The Balaban J connectivity index is 1.78. The fourth-order valence-electron chi connectivity index (χ4n) is 3.67. The molecular formula is C16H27NO4. The highest BCUT2D eigenvalue weighted by molar-refractivity contribution is 5.85. The van der Waals surface area contributed by atoms with Gasteiger partial charge in [-0.25, -0.2) is 0 Å². The van der Waals surface area contributed by atoms with Gasteiger partial charge in [0.15, 0.2) is 0 Å². The lowest BCUT2D eigenvalue weighted by atomic mass is 9.71. The van der Waals surface area contributed by atoms with E-state index in [-0.39, 0.29) is 18.4 Å². The number of carboxylic acids is 1. The molecule has 0 bridgehead atoms. The third-order valence-electron chi connectivity index (χ3n) is 5.17. The van der Waals surface area contributed by atoms with Crippen LogP contribution in [0.1, 0.15) is 64.2 Å². The Hall–Kier alpha value is -1.10. The zero-order valence-electron chi connectivity index (χ0n) is 12.6. The predicted molar refractivity (Wildman–Crippen MR) is 78.7 cm³/mol. The van der Waals surface area contributed by atoms with E-state index in [4.69, 9.17) is 0 Å². The van der Waals surface area contributed by atoms with Gasteiger partial charge >= 0.3 is 5.97 Å². The van der Waals surface area contributed by atoms with Gasteiger partial charge in [-0.15, -0.1) is 0 Å². The van der Waals surface area contributed by atoms with Crippen molar-refractivity contribution < 1.29 is 19.8 Å². The van der Waals surface area contributed by atoms with Crippen molar-refractivity contribution in [2.24, 2.45) is 11.3 Å². The van der Waals surface area contributed by atoms with Crippen LogP contribution in [0.25, 0.3) is 0 Å². The molecule has 0 aliphatic heterocycles. The van der Waals surface area contributed by atoms with E-state index in [2.05, 4.69) is 5.32 Å². The largest absolute Gasteiger partial charge is 0.481 e. The average molecular weight is 297 g/mol. The summed E-state index contributed by atoms with van der Waals surface area (Å²) in [6, 6.07) is 0. The molecule has 0 unspecified atom stereocenters. The second-order valence-electron chi connectivity index (χ2n) is 6.80. The Labute approximate surface area is 126 Å². The SMILES string of the molecule is O=C(CC1(C(=O)O)CCCCC1)NCC1CCC(O)CC1. The fraction of sp³-hybridized carbons (Fsp3) is 0.875. The van der Waals surface area contributed by atoms with E-state index in [0.717, 1.165) is 44.9 Å². The molecule has 2 rings (SSSR count). The van der Waals surface area contributed by atoms with Crippen molar-refractivity contribution in [3.05, 3.63) is 0 Å². The van der Waals surface area contributed by atoms with Gasteiger partial charge in [-0.05, 0) is 44.4 Å². The van der Waals surface area contributed by atoms with Crippen molar-refractivity contribution in [1.29, 1.82) is 0 Å². The molecule has 0 atom stereocenters. The van der Waals surface area contributed by atoms with Gasteiger partial charge in [-0.2, -0.15) is 0 Å². The second kappa shape index (κ2) is 7.25. The smallest absolute Gasteiger partial charge is 0.310 e. The van der Waals surface area contributed by atoms with Crippen LogP contribution in [-0.4, -0.2) is 34.7 Å². The third-order valence-corrected chi connectivity index (χ3v) is 5.17. The molecule has 120 valence electrons. The minimum Gasteiger partial charge on any atom is -0.481 e. The number of aliphatic hydroxyl groups excluding tert-OH is 1. The molecule has 21 heavy (non-hydrogen) atoms. The number of hydrogen-bond acceptors (Lipinski definition) is 3. The van der Waals surface area contributed by atoms with Crippen molar-refractivity contribution >= 4 is 11.9 Å². The van der Waals surface area contributed by atoms with Crippen LogP contribution in [-0.2, 0) is 9.59 Å². The van der Waals surface area contributed by atoms with E-state index in [0.29, 0.717) is 25.3 Å². The normalized spacial score (nSPS) is 28.8. The van der Waals surface area contributed by atoms with E-state index in [1.807, 2.05) is 0 Å². The molecule has 5 nitrogen and oxygen atoms in total. The van der Waals surface area contributed by atoms with E-state index in [9.17, 15) is 19.8 Å². The molecule has 1 amide bonds. The molecule has 0 radical (unpaired) electrons. The van der Waals surface area contributed by atoms with E-state index >= 15 is 0 Å². The minimum atomic E-state index is -0.842. The molecule has 5 heteroatoms. The first-order chi connectivity index (χ1) is 10.0. The predicted octanol–water partition coefficient (Wildman–Crippen LogP) is 2.08. The van der Waals surface area contributed by atoms with Gasteiger partial charge < -0.3 is 15.5 Å². The summed E-state index contributed by atoms with van der Waals surface area (Å²) >= 11 is 0. The molecule has 3 N–H and O–H groups in total. The summed E-state index contributed by atoms with van der Waals surface area (Å²) in [6.45, 7) is 0.612. The highest BCUT2D eigenvalue weighted by atomic mass is 16.4. The summed E-state index contributed by atoms with van der Waals surface area (Å²) in [7, 11) is 0. The molecule has 0 aromatic rings. The first-order valence-corrected chi connectivity index (χ1v) is 8.20. The monoisotopic (exact) mass is 297 g/mol. The third kappa shape index (κ3) is 4.43. The van der Waals surface area contributed by atoms with E-state index in [1.165, 1.54) is 0 Å². The quantitative estimate of drug-likeness (QED) is 0.725. The molecule has 0 saturated heterocycles. The molecule has 0 aromatic heterocycles. The number of carbonyl (C=O) groups excluding carboxylic acids is 1. The Bertz CT molecular complexity index is 368. The maximum absolute atomic E-state index is 12.1. The summed E-state index contributed by atoms with van der Waals surface area (Å²) < 4.78 is 0. The zero-order chi connectivity index (χ0) is 15.3. The number of nitrogens with one attached hydrogen (secondary N) is 1. The van der Waals surface area contributed by atoms with E-state index in [1.54, 1.807) is 0 Å². The molecule has 0 heterocycles. The van der Waals surface area contributed by atoms with Gasteiger partial charge in [0.1, 0.15) is 0 Å². The minimum absolute atomic E-state index is 0.109. The van der Waals surface area contributed by atoms with Crippen LogP contribution >= 0.6 is 0 Å². The van der Waals surface area contributed by atoms with Gasteiger partial charge in [-0.1, -0.05) is 19.3 Å². The van der Waals surface area contributed by atoms with Gasteiger partial charge in [0.05, 0.1) is 11.5 Å². The Morgan fingerprint density at radius 3 is 2.24 bits per heavy atom. The van der Waals surface area contributed by atoms with Gasteiger partial charge in [0.2, 0.25) is 5.91 Å². The van der Waals surface area contributed by atoms with Crippen LogP contribution in [0, 0.1) is 11.3 Å². The van der Waals surface area contributed by atoms with E-state index < -0.39 is 11.4 Å². The first-order valence-electron chi connectivity index (χ1n) is 8.20. The molecule has 2 saturated carbocycles. The maximum atomic E-state index is 12.1. The van der Waals surface area contributed by atoms with Gasteiger partial charge in [0.25, 0.3) is 0 Å². The van der Waals surface area contributed by atoms with Crippen LogP contribution in [0.3, 0.4) is 0 Å². The lowest BCUT2D eigenvalue weighted by Crippen LogP contribution is -2.40. The first kappa shape index (κ1) is 16.3. The molecule has 2 fully saturated rings.